The van der Waals surface area contributed by atoms with Crippen LogP contribution in [0.1, 0.15) is 12.7 Å². The lowest BCUT2D eigenvalue weighted by molar-refractivity contribution is -0.104. The molecular weight excluding hydrogens is 252 g/mol. The van der Waals surface area contributed by atoms with E-state index < -0.39 is 0 Å². The third-order valence-corrected chi connectivity index (χ3v) is 2.56. The van der Waals surface area contributed by atoms with Gasteiger partial charge < -0.3 is 0 Å². The molecule has 1 aromatic carbocycles. The Morgan fingerprint density at radius 2 is 2.11 bits per heavy atom. The zero-order valence-electron chi connectivity index (χ0n) is 9.75. The Kier molecular flexibility index (Phi) is 3.84. The van der Waals surface area contributed by atoms with Crippen molar-refractivity contribution in [3.05, 3.63) is 46.8 Å². The van der Waals surface area contributed by atoms with E-state index >= 15 is 0 Å². The van der Waals surface area contributed by atoms with Crippen LogP contribution in [0, 0.1) is 0 Å². The Hall–Kier alpha value is -2.01. The van der Waals surface area contributed by atoms with Gasteiger partial charge in [-0.05, 0) is 42.0 Å². The van der Waals surface area contributed by atoms with Crippen LogP contribution in [0.3, 0.4) is 0 Å². The van der Waals surface area contributed by atoms with Crippen molar-refractivity contribution in [1.82, 2.24) is 20.2 Å². The van der Waals surface area contributed by atoms with Crippen LogP contribution in [0.25, 0.3) is 5.69 Å². The van der Waals surface area contributed by atoms with E-state index in [0.29, 0.717) is 22.8 Å². The lowest BCUT2D eigenvalue weighted by Crippen LogP contribution is -1.98. The summed E-state index contributed by atoms with van der Waals surface area (Å²) in [5.74, 6) is 0.561. The molecule has 1 aromatic heterocycles. The first-order chi connectivity index (χ1) is 8.69. The summed E-state index contributed by atoms with van der Waals surface area (Å²) in [6.07, 6.45) is 3.04. The maximum absolute atomic E-state index is 10.4. The largest absolute Gasteiger partial charge is 0.298 e. The van der Waals surface area contributed by atoms with E-state index in [1.165, 1.54) is 4.80 Å². The highest BCUT2D eigenvalue weighted by molar-refractivity contribution is 6.30. The first-order valence-corrected chi connectivity index (χ1v) is 5.73. The summed E-state index contributed by atoms with van der Waals surface area (Å²) < 4.78 is 0. The Morgan fingerprint density at radius 1 is 1.39 bits per heavy atom. The Bertz CT molecular complexity index is 574. The van der Waals surface area contributed by atoms with Crippen LogP contribution >= 0.6 is 11.6 Å². The van der Waals surface area contributed by atoms with Gasteiger partial charge in [-0.25, -0.2) is 0 Å². The molecule has 0 saturated carbocycles. The number of tetrazole rings is 1. The van der Waals surface area contributed by atoms with Crippen molar-refractivity contribution in [1.29, 1.82) is 0 Å². The summed E-state index contributed by atoms with van der Waals surface area (Å²) in [6.45, 7) is 1.73. The number of nitrogens with zero attached hydrogens (tertiary/aromatic N) is 4. The van der Waals surface area contributed by atoms with Gasteiger partial charge in [0.05, 0.1) is 5.69 Å². The molecule has 0 bridgehead atoms. The van der Waals surface area contributed by atoms with Crippen LogP contribution in [0.4, 0.5) is 0 Å². The van der Waals surface area contributed by atoms with E-state index in [1.807, 2.05) is 0 Å². The Labute approximate surface area is 109 Å². The van der Waals surface area contributed by atoms with E-state index in [1.54, 1.807) is 37.3 Å². The summed E-state index contributed by atoms with van der Waals surface area (Å²) in [6, 6.07) is 7.13. The van der Waals surface area contributed by atoms with E-state index in [2.05, 4.69) is 15.4 Å². The number of carbonyl (C=O) groups is 1. The van der Waals surface area contributed by atoms with Crippen molar-refractivity contribution in [3.63, 3.8) is 0 Å². The molecule has 0 aliphatic heterocycles. The fraction of sp³-hybridized carbons (Fsp3) is 0.167. The molecule has 6 heteroatoms. The molecule has 5 nitrogen and oxygen atoms in total. The van der Waals surface area contributed by atoms with Crippen molar-refractivity contribution in [3.8, 4) is 5.69 Å². The quantitative estimate of drug-likeness (QED) is 0.625. The molecule has 0 atom stereocenters. The van der Waals surface area contributed by atoms with Crippen LogP contribution in [0.15, 0.2) is 35.9 Å². The number of hydrogen-bond donors (Lipinski definition) is 0. The molecule has 0 radical (unpaired) electrons. The van der Waals surface area contributed by atoms with Crippen molar-refractivity contribution in [2.75, 3.05) is 0 Å². The van der Waals surface area contributed by atoms with E-state index in [9.17, 15) is 4.79 Å². The molecule has 2 rings (SSSR count). The van der Waals surface area contributed by atoms with Gasteiger partial charge in [0.15, 0.2) is 5.82 Å². The third kappa shape index (κ3) is 3.01. The van der Waals surface area contributed by atoms with E-state index in [0.717, 1.165) is 12.0 Å². The van der Waals surface area contributed by atoms with Gasteiger partial charge in [-0.3, -0.25) is 4.79 Å². The monoisotopic (exact) mass is 262 g/mol. The number of allylic oxidation sites excluding steroid dienone is 2. The average molecular weight is 263 g/mol. The molecule has 0 spiro atoms. The lowest BCUT2D eigenvalue weighted by atomic mass is 10.2. The standard InChI is InChI=1S/C12H11ClN4O/c1-9(8-18)2-7-12-14-16-17(15-12)11-5-3-10(13)4-6-11/h2-6,8H,7H2,1H3/b9-2+. The van der Waals surface area contributed by atoms with Crippen molar-refractivity contribution < 1.29 is 4.79 Å². The minimum Gasteiger partial charge on any atom is -0.298 e. The predicted molar refractivity (Wildman–Crippen MR) is 67.7 cm³/mol. The normalized spacial score (nSPS) is 11.6. The highest BCUT2D eigenvalue weighted by Crippen LogP contribution is 2.11. The van der Waals surface area contributed by atoms with Gasteiger partial charge >= 0.3 is 0 Å². The fourth-order valence-electron chi connectivity index (χ4n) is 1.31. The summed E-state index contributed by atoms with van der Waals surface area (Å²) in [4.78, 5) is 11.9. The van der Waals surface area contributed by atoms with Crippen LogP contribution in [0.5, 0.6) is 0 Å². The molecule has 0 N–H and O–H groups in total. The van der Waals surface area contributed by atoms with Crippen LogP contribution in [0.2, 0.25) is 5.02 Å². The molecule has 18 heavy (non-hydrogen) atoms. The van der Waals surface area contributed by atoms with Gasteiger partial charge in [-0.1, -0.05) is 17.7 Å². The summed E-state index contributed by atoms with van der Waals surface area (Å²) in [5.41, 5.74) is 1.44. The zero-order valence-corrected chi connectivity index (χ0v) is 10.5. The molecule has 0 unspecified atom stereocenters. The highest BCUT2D eigenvalue weighted by Gasteiger charge is 2.03. The number of halogens is 1. The van der Waals surface area contributed by atoms with Crippen LogP contribution < -0.4 is 0 Å². The molecule has 0 aliphatic carbocycles. The fourth-order valence-corrected chi connectivity index (χ4v) is 1.44. The predicted octanol–water partition coefficient (Wildman–Crippen LogP) is 2.00. The average Bonchev–Trinajstić information content (AvgIpc) is 2.85. The van der Waals surface area contributed by atoms with E-state index in [-0.39, 0.29) is 0 Å². The van der Waals surface area contributed by atoms with Gasteiger partial charge in [0.25, 0.3) is 0 Å². The number of rotatable bonds is 4. The second kappa shape index (κ2) is 5.55. The minimum absolute atomic E-state index is 0.484. The Balaban J connectivity index is 2.15. The number of benzene rings is 1. The summed E-state index contributed by atoms with van der Waals surface area (Å²) >= 11 is 5.80. The molecular formula is C12H11ClN4O. The highest BCUT2D eigenvalue weighted by atomic mass is 35.5. The molecule has 1 heterocycles. The van der Waals surface area contributed by atoms with Gasteiger partial charge in [-0.2, -0.15) is 0 Å². The second-order valence-corrected chi connectivity index (χ2v) is 4.18. The van der Waals surface area contributed by atoms with Gasteiger partial charge in [0.2, 0.25) is 0 Å². The van der Waals surface area contributed by atoms with Gasteiger partial charge in [-0.15, -0.1) is 15.0 Å². The van der Waals surface area contributed by atoms with Crippen LogP contribution in [-0.4, -0.2) is 26.5 Å². The van der Waals surface area contributed by atoms with E-state index in [4.69, 9.17) is 11.6 Å². The maximum atomic E-state index is 10.4. The first kappa shape index (κ1) is 12.4. The molecule has 0 aliphatic rings. The smallest absolute Gasteiger partial charge is 0.179 e. The number of carbonyl (C=O) groups excluding carboxylic acids is 1. The van der Waals surface area contributed by atoms with Crippen molar-refractivity contribution in [2.45, 2.75) is 13.3 Å². The molecule has 0 fully saturated rings. The summed E-state index contributed by atoms with van der Waals surface area (Å²) in [7, 11) is 0. The topological polar surface area (TPSA) is 60.7 Å². The zero-order chi connectivity index (χ0) is 13.0. The van der Waals surface area contributed by atoms with Crippen molar-refractivity contribution in [2.24, 2.45) is 0 Å². The number of hydrogen-bond acceptors (Lipinski definition) is 4. The lowest BCUT2D eigenvalue weighted by Gasteiger charge is -1.96. The van der Waals surface area contributed by atoms with Crippen molar-refractivity contribution >= 4 is 17.9 Å². The molecule has 2 aromatic rings. The molecule has 0 saturated heterocycles. The van der Waals surface area contributed by atoms with Gasteiger partial charge in [0, 0.05) is 11.4 Å². The number of aromatic nitrogens is 4. The second-order valence-electron chi connectivity index (χ2n) is 3.74. The first-order valence-electron chi connectivity index (χ1n) is 5.36. The van der Waals surface area contributed by atoms with Gasteiger partial charge in [0.1, 0.15) is 6.29 Å². The molecule has 92 valence electrons. The summed E-state index contributed by atoms with van der Waals surface area (Å²) in [5, 5.41) is 12.7. The number of aldehydes is 1. The maximum Gasteiger partial charge on any atom is 0.179 e. The SMILES string of the molecule is C/C(C=O)=C\Cc1nnn(-c2ccc(Cl)cc2)n1. The minimum atomic E-state index is 0.484. The third-order valence-electron chi connectivity index (χ3n) is 2.31. The molecule has 0 amide bonds. The van der Waals surface area contributed by atoms with Crippen LogP contribution in [-0.2, 0) is 11.2 Å². The Morgan fingerprint density at radius 3 is 2.78 bits per heavy atom.